The molecule has 0 saturated carbocycles. The lowest BCUT2D eigenvalue weighted by Crippen LogP contribution is -2.42. The van der Waals surface area contributed by atoms with Gasteiger partial charge in [0.2, 0.25) is 0 Å². The van der Waals surface area contributed by atoms with E-state index in [1.165, 1.54) is 0 Å². The van der Waals surface area contributed by atoms with Crippen LogP contribution in [0.15, 0.2) is 22.8 Å². The molecule has 1 aromatic rings. The van der Waals surface area contributed by atoms with Crippen molar-refractivity contribution in [3.63, 3.8) is 0 Å². The fourth-order valence-electron chi connectivity index (χ4n) is 1.84. The third-order valence-corrected chi connectivity index (χ3v) is 4.85. The molecule has 0 spiro atoms. The Kier molecular flexibility index (Phi) is 4.45. The van der Waals surface area contributed by atoms with Gasteiger partial charge in [0, 0.05) is 34.8 Å². The summed E-state index contributed by atoms with van der Waals surface area (Å²) in [5.41, 5.74) is 0.522. The van der Waals surface area contributed by atoms with Crippen molar-refractivity contribution in [1.29, 1.82) is 0 Å². The maximum Gasteiger partial charge on any atom is 0.273 e. The van der Waals surface area contributed by atoms with E-state index in [4.69, 9.17) is 0 Å². The Morgan fingerprint density at radius 1 is 1.71 bits per heavy atom. The first kappa shape index (κ1) is 12.9. The monoisotopic (exact) mass is 314 g/mol. The molecule has 0 radical (unpaired) electrons. The highest BCUT2D eigenvalue weighted by atomic mass is 79.9. The van der Waals surface area contributed by atoms with E-state index in [1.54, 1.807) is 6.20 Å². The predicted octanol–water partition coefficient (Wildman–Crippen LogP) is 2.81. The molecular formula is C12H15BrN2OS. The summed E-state index contributed by atoms with van der Waals surface area (Å²) >= 11 is 5.34. The number of carbonyl (C=O) groups excluding carboxylic acids is 1. The summed E-state index contributed by atoms with van der Waals surface area (Å²) in [6, 6.07) is 3.68. The highest BCUT2D eigenvalue weighted by molar-refractivity contribution is 9.10. The maximum atomic E-state index is 12.3. The van der Waals surface area contributed by atoms with Gasteiger partial charge < -0.3 is 4.90 Å². The largest absolute Gasteiger partial charge is 0.335 e. The number of rotatable bonds is 2. The van der Waals surface area contributed by atoms with Crippen molar-refractivity contribution in [2.45, 2.75) is 18.6 Å². The zero-order chi connectivity index (χ0) is 12.3. The number of hydrogen-bond donors (Lipinski definition) is 0. The van der Waals surface area contributed by atoms with Crippen LogP contribution < -0.4 is 0 Å². The van der Waals surface area contributed by atoms with Crippen molar-refractivity contribution in [2.24, 2.45) is 0 Å². The average Bonchev–Trinajstić information content (AvgIpc) is 2.38. The molecule has 2 rings (SSSR count). The first-order chi connectivity index (χ1) is 8.22. The van der Waals surface area contributed by atoms with Gasteiger partial charge in [-0.1, -0.05) is 6.92 Å². The number of hydrogen-bond acceptors (Lipinski definition) is 3. The fourth-order valence-corrected chi connectivity index (χ4v) is 3.45. The molecule has 1 aliphatic heterocycles. The molecule has 1 unspecified atom stereocenters. The van der Waals surface area contributed by atoms with Gasteiger partial charge in [-0.2, -0.15) is 11.8 Å². The molecule has 3 nitrogen and oxygen atoms in total. The first-order valence-corrected chi connectivity index (χ1v) is 7.58. The van der Waals surface area contributed by atoms with Gasteiger partial charge in [-0.3, -0.25) is 4.79 Å². The van der Waals surface area contributed by atoms with Crippen LogP contribution in [0.4, 0.5) is 0 Å². The second-order valence-corrected chi connectivity index (χ2v) is 6.25. The van der Waals surface area contributed by atoms with Gasteiger partial charge in [0.15, 0.2) is 0 Å². The molecule has 2 heterocycles. The number of nitrogens with zero attached hydrogens (tertiary/aromatic N) is 2. The lowest BCUT2D eigenvalue weighted by Gasteiger charge is -2.31. The first-order valence-electron chi connectivity index (χ1n) is 5.73. The van der Waals surface area contributed by atoms with E-state index < -0.39 is 0 Å². The summed E-state index contributed by atoms with van der Waals surface area (Å²) in [5, 5.41) is 0.565. The van der Waals surface area contributed by atoms with E-state index >= 15 is 0 Å². The summed E-state index contributed by atoms with van der Waals surface area (Å²) in [7, 11) is 0. The Labute approximate surface area is 114 Å². The number of pyridine rings is 1. The van der Waals surface area contributed by atoms with Crippen LogP contribution in [0.5, 0.6) is 0 Å². The van der Waals surface area contributed by atoms with Crippen LogP contribution in [-0.2, 0) is 0 Å². The molecule has 1 saturated heterocycles. The Hall–Kier alpha value is -0.550. The minimum absolute atomic E-state index is 0.0382. The van der Waals surface area contributed by atoms with Crippen molar-refractivity contribution in [3.8, 4) is 0 Å². The minimum atomic E-state index is 0.0382. The molecular weight excluding hydrogens is 300 g/mol. The minimum Gasteiger partial charge on any atom is -0.335 e. The summed E-state index contributed by atoms with van der Waals surface area (Å²) in [6.45, 7) is 3.83. The Morgan fingerprint density at radius 2 is 2.53 bits per heavy atom. The molecule has 1 aromatic heterocycles. The number of halogens is 1. The third-order valence-electron chi connectivity index (χ3n) is 2.84. The van der Waals surface area contributed by atoms with Crippen molar-refractivity contribution in [2.75, 3.05) is 18.8 Å². The highest BCUT2D eigenvalue weighted by Gasteiger charge is 2.25. The Bertz CT molecular complexity index is 413. The van der Waals surface area contributed by atoms with Gasteiger partial charge in [-0.05, 0) is 34.5 Å². The van der Waals surface area contributed by atoms with E-state index in [9.17, 15) is 4.79 Å². The lowest BCUT2D eigenvalue weighted by atomic mass is 10.2. The smallest absolute Gasteiger partial charge is 0.273 e. The quantitative estimate of drug-likeness (QED) is 0.841. The zero-order valence-corrected chi connectivity index (χ0v) is 12.1. The molecule has 1 aliphatic rings. The van der Waals surface area contributed by atoms with Crippen molar-refractivity contribution >= 4 is 33.6 Å². The summed E-state index contributed by atoms with van der Waals surface area (Å²) < 4.78 is 0.774. The molecule has 17 heavy (non-hydrogen) atoms. The van der Waals surface area contributed by atoms with Crippen molar-refractivity contribution in [3.05, 3.63) is 28.5 Å². The Morgan fingerprint density at radius 3 is 3.24 bits per heavy atom. The third kappa shape index (κ3) is 3.01. The van der Waals surface area contributed by atoms with E-state index in [-0.39, 0.29) is 5.91 Å². The number of thioether (sulfide) groups is 1. The van der Waals surface area contributed by atoms with E-state index in [0.717, 1.165) is 29.7 Å². The van der Waals surface area contributed by atoms with Crippen LogP contribution in [0.1, 0.15) is 23.8 Å². The summed E-state index contributed by atoms with van der Waals surface area (Å²) in [5.74, 6) is 1.06. The van der Waals surface area contributed by atoms with Gasteiger partial charge in [0.1, 0.15) is 5.69 Å². The van der Waals surface area contributed by atoms with Crippen molar-refractivity contribution in [1.82, 2.24) is 9.88 Å². The van der Waals surface area contributed by atoms with Crippen LogP contribution in [-0.4, -0.2) is 39.9 Å². The van der Waals surface area contributed by atoms with Gasteiger partial charge in [-0.15, -0.1) is 0 Å². The molecule has 0 aromatic carbocycles. The second kappa shape index (κ2) is 5.87. The molecule has 0 N–H and O–H groups in total. The van der Waals surface area contributed by atoms with E-state index in [1.807, 2.05) is 28.8 Å². The number of carbonyl (C=O) groups is 1. The molecule has 0 bridgehead atoms. The fraction of sp³-hybridized carbons (Fsp3) is 0.500. The van der Waals surface area contributed by atoms with Crippen molar-refractivity contribution < 1.29 is 4.79 Å². The molecule has 1 atom stereocenters. The van der Waals surface area contributed by atoms with Crippen LogP contribution in [0.25, 0.3) is 0 Å². The lowest BCUT2D eigenvalue weighted by molar-refractivity contribution is 0.0754. The normalized spacial score (nSPS) is 20.4. The van der Waals surface area contributed by atoms with Crippen LogP contribution >= 0.6 is 27.7 Å². The highest BCUT2D eigenvalue weighted by Crippen LogP contribution is 2.23. The van der Waals surface area contributed by atoms with Crippen LogP contribution in [0.2, 0.25) is 0 Å². The summed E-state index contributed by atoms with van der Waals surface area (Å²) in [4.78, 5) is 18.4. The van der Waals surface area contributed by atoms with Crippen LogP contribution in [0, 0.1) is 0 Å². The summed E-state index contributed by atoms with van der Waals surface area (Å²) in [6.07, 6.45) is 2.77. The number of aromatic nitrogens is 1. The van der Waals surface area contributed by atoms with Gasteiger partial charge in [-0.25, -0.2) is 4.98 Å². The second-order valence-electron chi connectivity index (χ2n) is 3.99. The van der Waals surface area contributed by atoms with Crippen LogP contribution in [0.3, 0.4) is 0 Å². The van der Waals surface area contributed by atoms with Gasteiger partial charge in [0.05, 0.1) is 0 Å². The molecule has 1 amide bonds. The maximum absolute atomic E-state index is 12.3. The van der Waals surface area contributed by atoms with Gasteiger partial charge in [0.25, 0.3) is 5.91 Å². The topological polar surface area (TPSA) is 33.2 Å². The predicted molar refractivity (Wildman–Crippen MR) is 74.4 cm³/mol. The molecule has 1 fully saturated rings. The molecule has 0 aliphatic carbocycles. The van der Waals surface area contributed by atoms with Gasteiger partial charge >= 0.3 is 0 Å². The average molecular weight is 315 g/mol. The Balaban J connectivity index is 2.12. The van der Waals surface area contributed by atoms with E-state index in [0.29, 0.717) is 10.9 Å². The molecule has 92 valence electrons. The number of amides is 1. The van der Waals surface area contributed by atoms with E-state index in [2.05, 4.69) is 27.8 Å². The molecule has 5 heteroatoms. The zero-order valence-electron chi connectivity index (χ0n) is 9.73. The standard InChI is InChI=1S/C12H15BrN2OS/c1-2-9-8-15(6-7-17-9)12(16)11-10(13)4-3-5-14-11/h3-5,9H,2,6-8H2,1H3. The SMILES string of the molecule is CCC1CN(C(=O)c2ncccc2Br)CCS1.